The van der Waals surface area contributed by atoms with E-state index in [9.17, 15) is 9.59 Å². The van der Waals surface area contributed by atoms with Gasteiger partial charge in [-0.1, -0.05) is 11.6 Å². The van der Waals surface area contributed by atoms with Gasteiger partial charge in [0.05, 0.1) is 26.4 Å². The van der Waals surface area contributed by atoms with Gasteiger partial charge in [0.25, 0.3) is 0 Å². The lowest BCUT2D eigenvalue weighted by atomic mass is 10.1. The number of halogens is 1. The van der Waals surface area contributed by atoms with Crippen molar-refractivity contribution in [2.45, 2.75) is 0 Å². The van der Waals surface area contributed by atoms with Crippen LogP contribution in [0.15, 0.2) is 47.1 Å². The van der Waals surface area contributed by atoms with Crippen LogP contribution < -0.4 is 14.2 Å². The number of hydrogen-bond donors (Lipinski definition) is 0. The van der Waals surface area contributed by atoms with Crippen LogP contribution in [0.25, 0.3) is 6.08 Å². The van der Waals surface area contributed by atoms with E-state index in [1.165, 1.54) is 20.3 Å². The third-order valence-corrected chi connectivity index (χ3v) is 4.36. The fourth-order valence-corrected chi connectivity index (χ4v) is 2.85. The van der Waals surface area contributed by atoms with Gasteiger partial charge < -0.3 is 23.7 Å². The van der Waals surface area contributed by atoms with Crippen molar-refractivity contribution in [1.82, 2.24) is 0 Å². The van der Waals surface area contributed by atoms with Crippen LogP contribution in [0.3, 0.4) is 0 Å². The van der Waals surface area contributed by atoms with Crippen molar-refractivity contribution in [2.75, 3.05) is 27.9 Å². The molecule has 1 aliphatic heterocycles. The lowest BCUT2D eigenvalue weighted by molar-refractivity contribution is -0.143. The van der Waals surface area contributed by atoms with E-state index in [1.807, 2.05) is 0 Å². The number of aliphatic imine (C=N–C) groups is 1. The van der Waals surface area contributed by atoms with Crippen LogP contribution in [0.5, 0.6) is 17.2 Å². The van der Waals surface area contributed by atoms with Gasteiger partial charge in [-0.15, -0.1) is 0 Å². The summed E-state index contributed by atoms with van der Waals surface area (Å²) in [5, 5.41) is 0.191. The van der Waals surface area contributed by atoms with Crippen LogP contribution in [-0.4, -0.2) is 45.8 Å². The topological polar surface area (TPSA) is 92.7 Å². The quantitative estimate of drug-likeness (QED) is 0.490. The second-order valence-electron chi connectivity index (χ2n) is 5.96. The van der Waals surface area contributed by atoms with Gasteiger partial charge in [0, 0.05) is 5.56 Å². The Morgan fingerprint density at radius 2 is 1.87 bits per heavy atom. The molecule has 0 aromatic heterocycles. The molecule has 0 bridgehead atoms. The Labute approximate surface area is 177 Å². The van der Waals surface area contributed by atoms with E-state index in [2.05, 4.69) is 9.73 Å². The van der Waals surface area contributed by atoms with Crippen LogP contribution >= 0.6 is 11.6 Å². The number of esters is 2. The van der Waals surface area contributed by atoms with Crippen LogP contribution in [0, 0.1) is 0 Å². The molecule has 0 spiro atoms. The maximum absolute atomic E-state index is 12.2. The zero-order valence-electron chi connectivity index (χ0n) is 16.4. The molecule has 9 heteroatoms. The molecule has 3 rings (SSSR count). The van der Waals surface area contributed by atoms with Crippen molar-refractivity contribution in [3.05, 3.63) is 58.2 Å². The van der Waals surface area contributed by atoms with Gasteiger partial charge in [0.2, 0.25) is 5.90 Å². The van der Waals surface area contributed by atoms with Gasteiger partial charge in [-0.3, -0.25) is 0 Å². The molecule has 0 saturated carbocycles. The molecule has 156 valence electrons. The summed E-state index contributed by atoms with van der Waals surface area (Å²) in [4.78, 5) is 27.8. The molecule has 0 aliphatic carbocycles. The van der Waals surface area contributed by atoms with Crippen LogP contribution in [-0.2, 0) is 19.1 Å². The molecule has 2 aromatic rings. The highest BCUT2D eigenvalue weighted by molar-refractivity contribution is 6.32. The van der Waals surface area contributed by atoms with Crippen LogP contribution in [0.4, 0.5) is 0 Å². The molecule has 1 aliphatic rings. The summed E-state index contributed by atoms with van der Waals surface area (Å²) in [6.07, 6.45) is 1.51. The molecular weight excluding hydrogens is 414 g/mol. The second-order valence-corrected chi connectivity index (χ2v) is 6.37. The molecule has 0 fully saturated rings. The summed E-state index contributed by atoms with van der Waals surface area (Å²) in [6.45, 7) is -0.325. The lowest BCUT2D eigenvalue weighted by Crippen LogP contribution is -2.13. The zero-order valence-corrected chi connectivity index (χ0v) is 17.2. The van der Waals surface area contributed by atoms with E-state index in [1.54, 1.807) is 43.5 Å². The summed E-state index contributed by atoms with van der Waals surface area (Å²) in [5.74, 6) is 0.170. The Balaban J connectivity index is 1.87. The number of benzene rings is 2. The van der Waals surface area contributed by atoms with Crippen molar-refractivity contribution in [3.8, 4) is 17.2 Å². The number of ether oxygens (including phenoxy) is 5. The predicted molar refractivity (Wildman–Crippen MR) is 109 cm³/mol. The third kappa shape index (κ3) is 4.72. The van der Waals surface area contributed by atoms with E-state index in [0.29, 0.717) is 16.9 Å². The first-order valence-corrected chi connectivity index (χ1v) is 9.07. The Morgan fingerprint density at radius 3 is 2.50 bits per heavy atom. The van der Waals surface area contributed by atoms with E-state index in [-0.39, 0.29) is 34.7 Å². The summed E-state index contributed by atoms with van der Waals surface area (Å²) >= 11 is 6.26. The largest absolute Gasteiger partial charge is 0.497 e. The minimum atomic E-state index is -0.595. The predicted octanol–water partition coefficient (Wildman–Crippen LogP) is 3.25. The van der Waals surface area contributed by atoms with Crippen molar-refractivity contribution >= 4 is 35.5 Å². The highest BCUT2D eigenvalue weighted by Gasteiger charge is 2.24. The molecule has 30 heavy (non-hydrogen) atoms. The number of rotatable bonds is 7. The van der Waals surface area contributed by atoms with Gasteiger partial charge in [-0.25, -0.2) is 14.6 Å². The number of nitrogens with zero attached hydrogens (tertiary/aromatic N) is 1. The molecule has 0 unspecified atom stereocenters. The second kappa shape index (κ2) is 9.32. The lowest BCUT2D eigenvalue weighted by Gasteiger charge is -2.12. The summed E-state index contributed by atoms with van der Waals surface area (Å²) in [5.41, 5.74) is 1.27. The minimum Gasteiger partial charge on any atom is -0.497 e. The Hall–Kier alpha value is -3.52. The molecule has 8 nitrogen and oxygen atoms in total. The first kappa shape index (κ1) is 21.2. The van der Waals surface area contributed by atoms with Gasteiger partial charge in [0.15, 0.2) is 23.8 Å². The number of carbonyl (C=O) groups excluding carboxylic acids is 2. The van der Waals surface area contributed by atoms with Crippen molar-refractivity contribution in [3.63, 3.8) is 0 Å². The monoisotopic (exact) mass is 431 g/mol. The molecule has 0 atom stereocenters. The summed E-state index contributed by atoms with van der Waals surface area (Å²) < 4.78 is 25.6. The number of methoxy groups -OCH3 is 3. The average molecular weight is 432 g/mol. The maximum atomic E-state index is 12.2. The standard InChI is InChI=1S/C21H18ClNO7/c1-26-14-6-4-13(5-7-14)20-23-16(21(25)30-20)9-12-8-15(22)19(17(10-12)27-2)29-11-18(24)28-3/h4-10H,11H2,1-3H3/b16-9+. The average Bonchev–Trinajstić information content (AvgIpc) is 3.12. The van der Waals surface area contributed by atoms with Crippen molar-refractivity contribution in [2.24, 2.45) is 4.99 Å². The first-order chi connectivity index (χ1) is 14.4. The van der Waals surface area contributed by atoms with E-state index < -0.39 is 11.9 Å². The maximum Gasteiger partial charge on any atom is 0.363 e. The Bertz CT molecular complexity index is 1030. The molecule has 0 saturated heterocycles. The molecule has 0 N–H and O–H groups in total. The molecule has 1 heterocycles. The zero-order chi connectivity index (χ0) is 21.7. The third-order valence-electron chi connectivity index (χ3n) is 4.07. The van der Waals surface area contributed by atoms with E-state index >= 15 is 0 Å². The number of carbonyl (C=O) groups is 2. The number of hydrogen-bond acceptors (Lipinski definition) is 8. The SMILES string of the molecule is COC(=O)COc1c(Cl)cc(/C=C2/N=C(c3ccc(OC)cc3)OC2=O)cc1OC. The fraction of sp³-hybridized carbons (Fsp3) is 0.190. The van der Waals surface area contributed by atoms with Crippen LogP contribution in [0.2, 0.25) is 5.02 Å². The van der Waals surface area contributed by atoms with Gasteiger partial charge >= 0.3 is 11.9 Å². The van der Waals surface area contributed by atoms with Crippen molar-refractivity contribution in [1.29, 1.82) is 0 Å². The van der Waals surface area contributed by atoms with Gasteiger partial charge in [-0.2, -0.15) is 0 Å². The molecule has 0 amide bonds. The van der Waals surface area contributed by atoms with Crippen molar-refractivity contribution < 1.29 is 33.3 Å². The van der Waals surface area contributed by atoms with E-state index in [4.69, 9.17) is 30.5 Å². The normalized spacial score (nSPS) is 14.2. The van der Waals surface area contributed by atoms with Gasteiger partial charge in [0.1, 0.15) is 5.75 Å². The molecule has 2 aromatic carbocycles. The Kier molecular flexibility index (Phi) is 6.58. The molecular formula is C21H18ClNO7. The van der Waals surface area contributed by atoms with E-state index in [0.717, 1.165) is 0 Å². The minimum absolute atomic E-state index is 0.0992. The fourth-order valence-electron chi connectivity index (χ4n) is 2.58. The smallest absolute Gasteiger partial charge is 0.363 e. The van der Waals surface area contributed by atoms with Gasteiger partial charge in [-0.05, 0) is 48.0 Å². The number of cyclic esters (lactones) is 1. The summed E-state index contributed by atoms with van der Waals surface area (Å²) in [6, 6.07) is 10.1. The first-order valence-electron chi connectivity index (χ1n) is 8.69. The highest BCUT2D eigenvalue weighted by atomic mass is 35.5. The summed E-state index contributed by atoms with van der Waals surface area (Å²) in [7, 11) is 4.24. The Morgan fingerprint density at radius 1 is 1.13 bits per heavy atom. The highest BCUT2D eigenvalue weighted by Crippen LogP contribution is 2.37. The molecule has 0 radical (unpaired) electrons. The van der Waals surface area contributed by atoms with Crippen LogP contribution in [0.1, 0.15) is 11.1 Å².